The Morgan fingerprint density at radius 2 is 1.42 bits per heavy atom. The second-order valence-electron chi connectivity index (χ2n) is 6.84. The summed E-state index contributed by atoms with van der Waals surface area (Å²) in [6, 6.07) is 20.4. The predicted octanol–water partition coefficient (Wildman–Crippen LogP) is 4.50. The highest BCUT2D eigenvalue weighted by Gasteiger charge is 2.45. The van der Waals surface area contributed by atoms with Crippen molar-refractivity contribution in [2.75, 3.05) is 0 Å². The van der Waals surface area contributed by atoms with Gasteiger partial charge >= 0.3 is 0 Å². The molecule has 0 saturated heterocycles. The summed E-state index contributed by atoms with van der Waals surface area (Å²) in [6.07, 6.45) is 2.10. The zero-order chi connectivity index (χ0) is 18.3. The Morgan fingerprint density at radius 3 is 1.92 bits per heavy atom. The maximum Gasteiger partial charge on any atom is 0.168 e. The number of hydrogen-bond donors (Lipinski definition) is 2. The van der Waals surface area contributed by atoms with Gasteiger partial charge in [-0.15, -0.1) is 0 Å². The highest BCUT2D eigenvalue weighted by atomic mass is 16.3. The highest BCUT2D eigenvalue weighted by molar-refractivity contribution is 5.86. The number of phenolic OH excluding ortho intramolecular Hbond substituents is 2. The van der Waals surface area contributed by atoms with Gasteiger partial charge in [-0.3, -0.25) is 4.79 Å². The summed E-state index contributed by atoms with van der Waals surface area (Å²) >= 11 is 0. The number of hydrogen-bond acceptors (Lipinski definition) is 3. The van der Waals surface area contributed by atoms with Gasteiger partial charge in [-0.2, -0.15) is 0 Å². The van der Waals surface area contributed by atoms with Gasteiger partial charge in [0.1, 0.15) is 0 Å². The van der Waals surface area contributed by atoms with E-state index in [0.29, 0.717) is 18.3 Å². The van der Waals surface area contributed by atoms with E-state index in [1.165, 1.54) is 0 Å². The van der Waals surface area contributed by atoms with Crippen molar-refractivity contribution in [3.8, 4) is 11.5 Å². The van der Waals surface area contributed by atoms with E-state index in [2.05, 4.69) is 24.3 Å². The van der Waals surface area contributed by atoms with Gasteiger partial charge in [-0.05, 0) is 47.6 Å². The fraction of sp³-hybridized carbons (Fsp3) is 0.174. The van der Waals surface area contributed by atoms with Gasteiger partial charge in [-0.25, -0.2) is 0 Å². The van der Waals surface area contributed by atoms with Crippen molar-refractivity contribution in [3.05, 3.63) is 94.0 Å². The molecule has 3 aromatic carbocycles. The smallest absolute Gasteiger partial charge is 0.168 e. The molecule has 0 heterocycles. The van der Waals surface area contributed by atoms with Crippen molar-refractivity contribution >= 4 is 6.29 Å². The molecular weight excluding hydrogens is 324 g/mol. The third kappa shape index (κ3) is 2.10. The van der Waals surface area contributed by atoms with Gasteiger partial charge in [0.2, 0.25) is 0 Å². The van der Waals surface area contributed by atoms with Crippen LogP contribution < -0.4 is 0 Å². The van der Waals surface area contributed by atoms with Gasteiger partial charge in [0.25, 0.3) is 0 Å². The average Bonchev–Trinajstić information content (AvgIpc) is 3.09. The summed E-state index contributed by atoms with van der Waals surface area (Å²) < 4.78 is 0. The third-order valence-electron chi connectivity index (χ3n) is 5.66. The minimum atomic E-state index is -0.453. The number of benzene rings is 3. The molecular formula is C23H20O3. The van der Waals surface area contributed by atoms with E-state index in [0.717, 1.165) is 28.7 Å². The topological polar surface area (TPSA) is 57.5 Å². The van der Waals surface area contributed by atoms with Crippen LogP contribution >= 0.6 is 0 Å². The second-order valence-corrected chi connectivity index (χ2v) is 6.84. The molecule has 0 fully saturated rings. The molecule has 0 spiro atoms. The first-order valence-electron chi connectivity index (χ1n) is 8.75. The quantitative estimate of drug-likeness (QED) is 0.543. The first-order valence-corrected chi connectivity index (χ1v) is 8.75. The second kappa shape index (κ2) is 6.03. The number of phenols is 2. The zero-order valence-corrected chi connectivity index (χ0v) is 14.6. The molecule has 4 rings (SSSR count). The van der Waals surface area contributed by atoms with Crippen LogP contribution in [0.25, 0.3) is 0 Å². The molecule has 1 aliphatic rings. The Kier molecular flexibility index (Phi) is 3.80. The normalized spacial score (nSPS) is 14.8. The zero-order valence-electron chi connectivity index (χ0n) is 14.6. The number of carbonyl (C=O) groups excluding carboxylic acids is 1. The summed E-state index contributed by atoms with van der Waals surface area (Å²) in [4.78, 5) is 11.7. The van der Waals surface area contributed by atoms with Crippen LogP contribution in [0.2, 0.25) is 0 Å². The van der Waals surface area contributed by atoms with E-state index < -0.39 is 5.41 Å². The van der Waals surface area contributed by atoms with E-state index in [-0.39, 0.29) is 17.1 Å². The van der Waals surface area contributed by atoms with Gasteiger partial charge < -0.3 is 10.2 Å². The summed E-state index contributed by atoms with van der Waals surface area (Å²) in [5.74, 6) is -0.517. The number of fused-ring (bicyclic) bond motifs is 1. The lowest BCUT2D eigenvalue weighted by atomic mass is 9.69. The molecule has 130 valence electrons. The average molecular weight is 344 g/mol. The summed E-state index contributed by atoms with van der Waals surface area (Å²) in [5, 5.41) is 20.8. The van der Waals surface area contributed by atoms with Crippen molar-refractivity contribution in [2.24, 2.45) is 0 Å². The molecule has 3 aromatic rings. The van der Waals surface area contributed by atoms with E-state index >= 15 is 0 Å². The minimum absolute atomic E-state index is 0.205. The number of carbonyl (C=O) groups is 1. The Balaban J connectivity index is 2.14. The number of aldehydes is 1. The molecule has 3 heteroatoms. The molecule has 0 radical (unpaired) electrons. The fourth-order valence-corrected chi connectivity index (χ4v) is 4.52. The molecule has 1 aliphatic carbocycles. The lowest BCUT2D eigenvalue weighted by Crippen LogP contribution is -2.27. The van der Waals surface area contributed by atoms with Crippen molar-refractivity contribution in [1.82, 2.24) is 0 Å². The monoisotopic (exact) mass is 344 g/mol. The van der Waals surface area contributed by atoms with Crippen LogP contribution in [-0.2, 0) is 11.8 Å². The SMILES string of the molecule is Cc1c(O)c(O)c(C=O)c2c1C(c1ccccc1)(c1ccccc1)CC2. The Hall–Kier alpha value is -3.07. The standard InChI is InChI=1S/C23H20O3/c1-15-20-18(19(14-24)22(26)21(15)25)12-13-23(20,16-8-4-2-5-9-16)17-10-6-3-7-11-17/h2-11,14,25-26H,12-13H2,1H3. The van der Waals surface area contributed by atoms with Crippen molar-refractivity contribution in [3.63, 3.8) is 0 Å². The van der Waals surface area contributed by atoms with E-state index in [9.17, 15) is 15.0 Å². The third-order valence-corrected chi connectivity index (χ3v) is 5.66. The molecule has 0 amide bonds. The first-order chi connectivity index (χ1) is 12.6. The van der Waals surface area contributed by atoms with Gasteiger partial charge in [-0.1, -0.05) is 60.7 Å². The lowest BCUT2D eigenvalue weighted by molar-refractivity contribution is 0.111. The van der Waals surface area contributed by atoms with Crippen LogP contribution in [0.3, 0.4) is 0 Å². The van der Waals surface area contributed by atoms with Gasteiger partial charge in [0, 0.05) is 5.41 Å². The Labute approximate surface area is 152 Å². The number of rotatable bonds is 3. The van der Waals surface area contributed by atoms with Crippen LogP contribution in [0, 0.1) is 6.92 Å². The minimum Gasteiger partial charge on any atom is -0.504 e. The molecule has 2 N–H and O–H groups in total. The maximum absolute atomic E-state index is 11.7. The maximum atomic E-state index is 11.7. The summed E-state index contributed by atoms with van der Waals surface area (Å²) in [5.41, 5.74) is 4.40. The molecule has 0 unspecified atom stereocenters. The van der Waals surface area contributed by atoms with E-state index in [4.69, 9.17) is 0 Å². The van der Waals surface area contributed by atoms with Crippen molar-refractivity contribution in [1.29, 1.82) is 0 Å². The van der Waals surface area contributed by atoms with Crippen LogP contribution in [0.15, 0.2) is 60.7 Å². The molecule has 0 aliphatic heterocycles. The molecule has 0 atom stereocenters. The lowest BCUT2D eigenvalue weighted by Gasteiger charge is -2.34. The molecule has 26 heavy (non-hydrogen) atoms. The van der Waals surface area contributed by atoms with Crippen LogP contribution in [-0.4, -0.2) is 16.5 Å². The Bertz CT molecular complexity index is 936. The molecule has 3 nitrogen and oxygen atoms in total. The Morgan fingerprint density at radius 1 is 0.885 bits per heavy atom. The molecule has 0 bridgehead atoms. The summed E-state index contributed by atoms with van der Waals surface area (Å²) in [6.45, 7) is 1.81. The number of aromatic hydroxyl groups is 2. The summed E-state index contributed by atoms with van der Waals surface area (Å²) in [7, 11) is 0. The fourth-order valence-electron chi connectivity index (χ4n) is 4.52. The van der Waals surface area contributed by atoms with E-state index in [1.807, 2.05) is 43.3 Å². The van der Waals surface area contributed by atoms with Crippen molar-refractivity contribution in [2.45, 2.75) is 25.2 Å². The van der Waals surface area contributed by atoms with Gasteiger partial charge in [0.05, 0.1) is 5.56 Å². The molecule has 0 saturated carbocycles. The van der Waals surface area contributed by atoms with Gasteiger partial charge in [0.15, 0.2) is 17.8 Å². The first kappa shape index (κ1) is 16.4. The largest absolute Gasteiger partial charge is 0.504 e. The van der Waals surface area contributed by atoms with Crippen LogP contribution in [0.4, 0.5) is 0 Å². The highest BCUT2D eigenvalue weighted by Crippen LogP contribution is 2.54. The van der Waals surface area contributed by atoms with Crippen LogP contribution in [0.5, 0.6) is 11.5 Å². The van der Waals surface area contributed by atoms with Crippen LogP contribution in [0.1, 0.15) is 44.6 Å². The van der Waals surface area contributed by atoms with Crippen molar-refractivity contribution < 1.29 is 15.0 Å². The van der Waals surface area contributed by atoms with E-state index in [1.54, 1.807) is 0 Å². The predicted molar refractivity (Wildman–Crippen MR) is 101 cm³/mol. The molecule has 0 aromatic heterocycles.